The maximum atomic E-state index is 13.7. The Bertz CT molecular complexity index is 2720. The molecule has 2 heterocycles. The summed E-state index contributed by atoms with van der Waals surface area (Å²) in [6.07, 6.45) is -2.56. The summed E-state index contributed by atoms with van der Waals surface area (Å²) in [4.78, 5) is 0. The molecule has 2 aliphatic heterocycles. The van der Waals surface area contributed by atoms with Crippen molar-refractivity contribution in [3.05, 3.63) is 172 Å². The highest BCUT2D eigenvalue weighted by atomic mass is 16.8. The first kappa shape index (κ1) is 47.3. The van der Waals surface area contributed by atoms with E-state index in [0.717, 1.165) is 27.8 Å². The fourth-order valence-electron chi connectivity index (χ4n) is 11.7. The van der Waals surface area contributed by atoms with E-state index in [2.05, 4.69) is 24.3 Å². The molecular formula is C58H64O11. The van der Waals surface area contributed by atoms with E-state index >= 15 is 0 Å². The van der Waals surface area contributed by atoms with E-state index in [1.807, 2.05) is 137 Å². The number of hydrogen-bond donors (Lipinski definition) is 2. The lowest BCUT2D eigenvalue weighted by molar-refractivity contribution is -0.300. The molecule has 11 nitrogen and oxygen atoms in total. The van der Waals surface area contributed by atoms with Crippen molar-refractivity contribution in [3.8, 4) is 17.2 Å². The molecule has 11 heteroatoms. The summed E-state index contributed by atoms with van der Waals surface area (Å²) in [6.45, 7) is 9.10. The van der Waals surface area contributed by atoms with Crippen molar-refractivity contribution in [2.75, 3.05) is 14.2 Å². The van der Waals surface area contributed by atoms with Gasteiger partial charge in [0.15, 0.2) is 11.4 Å². The van der Waals surface area contributed by atoms with Crippen LogP contribution in [0.2, 0.25) is 0 Å². The molecule has 0 bridgehead atoms. The van der Waals surface area contributed by atoms with Gasteiger partial charge in [-0.3, -0.25) is 0 Å². The Labute approximate surface area is 405 Å². The Hall–Kier alpha value is -5.34. The molecule has 1 saturated carbocycles. The zero-order valence-electron chi connectivity index (χ0n) is 40.4. The van der Waals surface area contributed by atoms with Gasteiger partial charge >= 0.3 is 0 Å². The highest BCUT2D eigenvalue weighted by Gasteiger charge is 2.75. The largest absolute Gasteiger partial charge is 0.496 e. The Morgan fingerprint density at radius 2 is 1.23 bits per heavy atom. The lowest BCUT2D eigenvalue weighted by Gasteiger charge is -2.59. The van der Waals surface area contributed by atoms with E-state index < -0.39 is 40.9 Å². The van der Waals surface area contributed by atoms with Gasteiger partial charge in [-0.05, 0) is 56.0 Å². The minimum atomic E-state index is -2.02. The van der Waals surface area contributed by atoms with E-state index in [9.17, 15) is 10.2 Å². The van der Waals surface area contributed by atoms with Crippen LogP contribution in [0, 0.1) is 0 Å². The van der Waals surface area contributed by atoms with E-state index in [-0.39, 0.29) is 44.2 Å². The molecule has 0 aromatic heterocycles. The van der Waals surface area contributed by atoms with Crippen molar-refractivity contribution in [1.29, 1.82) is 0 Å². The lowest BCUT2D eigenvalue weighted by atomic mass is 9.55. The molecule has 2 aliphatic carbocycles. The quantitative estimate of drug-likeness (QED) is 0.102. The summed E-state index contributed by atoms with van der Waals surface area (Å²) >= 11 is 0. The van der Waals surface area contributed by atoms with Gasteiger partial charge in [0.2, 0.25) is 0 Å². The van der Waals surface area contributed by atoms with Crippen molar-refractivity contribution >= 4 is 10.8 Å². The van der Waals surface area contributed by atoms with Gasteiger partial charge in [-0.25, -0.2) is 0 Å². The first-order valence-corrected chi connectivity index (χ1v) is 24.2. The SMILES string of the molecule is COc1c2c(c(OC)c3c(OCc4ccccc4)c([C@H]4C[C@@H](OCc5ccccc5)[C@H](OCc5ccccc5)[C@@H](C)O4)ccc13)C[C@H]1OC(C)(C)O[C@]13C[C@@](C)(OCc1ccccc1)C[C@H](O)[C@]23O. The van der Waals surface area contributed by atoms with Gasteiger partial charge in [-0.2, -0.15) is 0 Å². The van der Waals surface area contributed by atoms with Crippen molar-refractivity contribution in [3.63, 3.8) is 0 Å². The summed E-state index contributed by atoms with van der Waals surface area (Å²) in [5, 5.41) is 27.6. The maximum absolute atomic E-state index is 13.7. The molecule has 3 fully saturated rings. The summed E-state index contributed by atoms with van der Waals surface area (Å²) in [7, 11) is 3.22. The van der Waals surface area contributed by atoms with E-state index in [1.165, 1.54) is 0 Å². The minimum Gasteiger partial charge on any atom is -0.496 e. The third-order valence-electron chi connectivity index (χ3n) is 14.7. The molecular weight excluding hydrogens is 873 g/mol. The second-order valence-corrected chi connectivity index (χ2v) is 19.9. The van der Waals surface area contributed by atoms with Crippen molar-refractivity contribution < 1.29 is 52.8 Å². The molecule has 0 unspecified atom stereocenters. The monoisotopic (exact) mass is 936 g/mol. The van der Waals surface area contributed by atoms with Gasteiger partial charge in [0.25, 0.3) is 0 Å². The molecule has 362 valence electrons. The van der Waals surface area contributed by atoms with Crippen LogP contribution in [0.15, 0.2) is 133 Å². The summed E-state index contributed by atoms with van der Waals surface area (Å²) in [5.74, 6) is 0.295. The maximum Gasteiger partial charge on any atom is 0.164 e. The van der Waals surface area contributed by atoms with Crippen LogP contribution in [0.25, 0.3) is 10.8 Å². The van der Waals surface area contributed by atoms with Gasteiger partial charge in [0, 0.05) is 47.8 Å². The van der Waals surface area contributed by atoms with Crippen molar-refractivity contribution in [2.24, 2.45) is 0 Å². The van der Waals surface area contributed by atoms with Crippen LogP contribution in [0.3, 0.4) is 0 Å². The average molecular weight is 937 g/mol. The lowest BCUT2D eigenvalue weighted by Crippen LogP contribution is -2.72. The molecule has 4 aliphatic rings. The topological polar surface area (TPSA) is 124 Å². The van der Waals surface area contributed by atoms with E-state index in [4.69, 9.17) is 42.6 Å². The fourth-order valence-corrected chi connectivity index (χ4v) is 11.7. The Morgan fingerprint density at radius 3 is 1.83 bits per heavy atom. The van der Waals surface area contributed by atoms with Crippen LogP contribution in [0.5, 0.6) is 17.2 Å². The number of methoxy groups -OCH3 is 2. The van der Waals surface area contributed by atoms with Crippen molar-refractivity contribution in [1.82, 2.24) is 0 Å². The number of hydrogen-bond acceptors (Lipinski definition) is 11. The van der Waals surface area contributed by atoms with Gasteiger partial charge in [-0.15, -0.1) is 0 Å². The molecule has 10 rings (SSSR count). The molecule has 6 aromatic rings. The van der Waals surface area contributed by atoms with Crippen LogP contribution in [-0.4, -0.2) is 71.9 Å². The first-order valence-electron chi connectivity index (χ1n) is 24.2. The minimum absolute atomic E-state index is 0.114. The summed E-state index contributed by atoms with van der Waals surface area (Å²) < 4.78 is 61.0. The summed E-state index contributed by atoms with van der Waals surface area (Å²) in [5.41, 5.74) is 1.59. The molecule has 6 aromatic carbocycles. The molecule has 0 amide bonds. The molecule has 69 heavy (non-hydrogen) atoms. The van der Waals surface area contributed by atoms with Gasteiger partial charge in [-0.1, -0.05) is 127 Å². The zero-order valence-corrected chi connectivity index (χ0v) is 40.4. The number of ether oxygens (including phenoxy) is 9. The Kier molecular flexibility index (Phi) is 13.1. The number of rotatable bonds is 15. The van der Waals surface area contributed by atoms with Crippen LogP contribution in [0.1, 0.15) is 92.0 Å². The average Bonchev–Trinajstić information content (AvgIpc) is 3.63. The second kappa shape index (κ2) is 19.1. The van der Waals surface area contributed by atoms with E-state index in [0.29, 0.717) is 65.4 Å². The third-order valence-corrected chi connectivity index (χ3v) is 14.7. The number of benzene rings is 6. The van der Waals surface area contributed by atoms with E-state index in [1.54, 1.807) is 14.2 Å². The fraction of sp³-hybridized carbons (Fsp3) is 0.414. The third kappa shape index (κ3) is 8.82. The predicted molar refractivity (Wildman–Crippen MR) is 261 cm³/mol. The smallest absolute Gasteiger partial charge is 0.164 e. The van der Waals surface area contributed by atoms with Crippen LogP contribution in [0.4, 0.5) is 0 Å². The molecule has 2 N–H and O–H groups in total. The molecule has 1 spiro atoms. The zero-order chi connectivity index (χ0) is 48.0. The number of fused-ring (bicyclic) bond motifs is 3. The molecule has 9 atom stereocenters. The Morgan fingerprint density at radius 1 is 0.667 bits per heavy atom. The Balaban J connectivity index is 1.09. The van der Waals surface area contributed by atoms with Crippen molar-refractivity contribution in [2.45, 2.75) is 139 Å². The standard InChI is InChI=1S/C58H64O11/c1-37-51(64-33-39-21-13-8-14-22-39)46(63-32-38-19-11-7-12-20-38)30-45(67-37)42-27-28-43-49(53(42)65-34-40-23-15-9-16-24-40)52(61-5)44-29-48-57(69-55(2,3)68-48)36-56(4,66-35-41-25-17-10-18-26-41)31-47(59)58(57,60)50(44)54(43)62-6/h7-28,37,45-48,51,59-60H,29-36H2,1-6H3/t37-,45-,46-,47+,48-,51-,56+,57-,58+/m1/s1. The van der Waals surface area contributed by atoms with Gasteiger partial charge in [0.1, 0.15) is 35.6 Å². The van der Waals surface area contributed by atoms with Gasteiger partial charge in [0.05, 0.1) is 75.5 Å². The number of aliphatic hydroxyl groups is 2. The van der Waals surface area contributed by atoms with Crippen LogP contribution < -0.4 is 14.2 Å². The number of aliphatic hydroxyl groups excluding tert-OH is 1. The normalized spacial score (nSPS) is 29.2. The summed E-state index contributed by atoms with van der Waals surface area (Å²) in [6, 6.07) is 44.3. The highest BCUT2D eigenvalue weighted by Crippen LogP contribution is 2.65. The van der Waals surface area contributed by atoms with Crippen LogP contribution >= 0.6 is 0 Å². The predicted octanol–water partition coefficient (Wildman–Crippen LogP) is 10.2. The second-order valence-electron chi connectivity index (χ2n) is 19.9. The van der Waals surface area contributed by atoms with Crippen LogP contribution in [-0.2, 0) is 66.9 Å². The first-order chi connectivity index (χ1) is 33.3. The molecule has 2 saturated heterocycles. The highest BCUT2D eigenvalue weighted by molar-refractivity contribution is 6.02. The van der Waals surface area contributed by atoms with Gasteiger partial charge < -0.3 is 52.8 Å². The molecule has 0 radical (unpaired) electrons.